The Hall–Kier alpha value is -0.820. The van der Waals surface area contributed by atoms with E-state index >= 15 is 0 Å². The highest BCUT2D eigenvalue weighted by atomic mass is 19.4. The molecule has 4 N–H and O–H groups in total. The number of alkyl halides is 3. The zero-order chi connectivity index (χ0) is 13.6. The molecule has 0 bridgehead atoms. The number of halogens is 3. The molecule has 2 atom stereocenters. The highest BCUT2D eigenvalue weighted by molar-refractivity contribution is 5.85. The zero-order valence-electron chi connectivity index (χ0n) is 10.0. The molecule has 4 nitrogen and oxygen atoms in total. The number of primary amides is 1. The van der Waals surface area contributed by atoms with Crippen LogP contribution in [0.15, 0.2) is 0 Å². The van der Waals surface area contributed by atoms with Crippen LogP contribution in [0.4, 0.5) is 13.2 Å². The first-order valence-corrected chi connectivity index (χ1v) is 6.11. The Labute approximate surface area is 103 Å². The molecule has 7 heteroatoms. The van der Waals surface area contributed by atoms with Crippen molar-refractivity contribution in [3.63, 3.8) is 0 Å². The molecule has 0 aromatic carbocycles. The fraction of sp³-hybridized carbons (Fsp3) is 0.909. The minimum Gasteiger partial charge on any atom is -0.368 e. The predicted molar refractivity (Wildman–Crippen MR) is 59.4 cm³/mol. The molecule has 2 fully saturated rings. The van der Waals surface area contributed by atoms with E-state index in [0.717, 1.165) is 12.8 Å². The van der Waals surface area contributed by atoms with Crippen LogP contribution in [-0.2, 0) is 4.79 Å². The summed E-state index contributed by atoms with van der Waals surface area (Å²) in [5.74, 6) is -1.89. The fourth-order valence-electron chi connectivity index (χ4n) is 2.62. The molecule has 0 aromatic heterocycles. The fourth-order valence-corrected chi connectivity index (χ4v) is 2.62. The van der Waals surface area contributed by atoms with Crippen LogP contribution in [0.1, 0.15) is 19.3 Å². The van der Waals surface area contributed by atoms with Crippen LogP contribution >= 0.6 is 0 Å². The minimum atomic E-state index is -4.17. The summed E-state index contributed by atoms with van der Waals surface area (Å²) in [6.45, 7) is 0.380. The van der Waals surface area contributed by atoms with Crippen LogP contribution in [-0.4, -0.2) is 42.2 Å². The third-order valence-electron chi connectivity index (χ3n) is 3.99. The number of carbonyl (C=O) groups is 1. The molecule has 0 radical (unpaired) electrons. The number of nitrogens with two attached hydrogens (primary N) is 2. The van der Waals surface area contributed by atoms with Crippen molar-refractivity contribution in [3.05, 3.63) is 0 Å². The van der Waals surface area contributed by atoms with E-state index in [1.165, 1.54) is 0 Å². The van der Waals surface area contributed by atoms with Crippen molar-refractivity contribution >= 4 is 5.91 Å². The SMILES string of the molecule is NC(=O)C(N)(CN1CCC(C(F)(F)F)C1)C1CC1. The third kappa shape index (κ3) is 2.61. The van der Waals surface area contributed by atoms with Gasteiger partial charge in [0.25, 0.3) is 0 Å². The van der Waals surface area contributed by atoms with Crippen molar-refractivity contribution in [3.8, 4) is 0 Å². The van der Waals surface area contributed by atoms with Gasteiger partial charge in [-0.3, -0.25) is 4.79 Å². The van der Waals surface area contributed by atoms with Crippen molar-refractivity contribution in [1.29, 1.82) is 0 Å². The van der Waals surface area contributed by atoms with E-state index in [1.807, 2.05) is 0 Å². The Morgan fingerprint density at radius 2 is 1.83 bits per heavy atom. The normalized spacial score (nSPS) is 29.2. The van der Waals surface area contributed by atoms with Gasteiger partial charge in [-0.25, -0.2) is 0 Å². The van der Waals surface area contributed by atoms with Gasteiger partial charge in [0.1, 0.15) is 5.54 Å². The molecule has 0 aromatic rings. The number of carbonyl (C=O) groups excluding carboxylic acids is 1. The summed E-state index contributed by atoms with van der Waals surface area (Å²) < 4.78 is 37.6. The van der Waals surface area contributed by atoms with Crippen molar-refractivity contribution in [2.24, 2.45) is 23.3 Å². The van der Waals surface area contributed by atoms with E-state index in [2.05, 4.69) is 0 Å². The van der Waals surface area contributed by atoms with Crippen LogP contribution in [0, 0.1) is 11.8 Å². The summed E-state index contributed by atoms with van der Waals surface area (Å²) in [5.41, 5.74) is 10.1. The van der Waals surface area contributed by atoms with E-state index in [4.69, 9.17) is 11.5 Å². The lowest BCUT2D eigenvalue weighted by atomic mass is 9.93. The smallest absolute Gasteiger partial charge is 0.368 e. The Kier molecular flexibility index (Phi) is 3.31. The lowest BCUT2D eigenvalue weighted by Crippen LogP contribution is -2.60. The van der Waals surface area contributed by atoms with Gasteiger partial charge in [-0.05, 0) is 31.7 Å². The molecular weight excluding hydrogens is 247 g/mol. The first kappa shape index (κ1) is 13.6. The first-order valence-electron chi connectivity index (χ1n) is 6.11. The van der Waals surface area contributed by atoms with Crippen LogP contribution in [0.3, 0.4) is 0 Å². The maximum atomic E-state index is 12.5. The van der Waals surface area contributed by atoms with Crippen molar-refractivity contribution in [2.45, 2.75) is 31.0 Å². The highest BCUT2D eigenvalue weighted by Crippen LogP contribution is 2.40. The number of amides is 1. The van der Waals surface area contributed by atoms with E-state index in [9.17, 15) is 18.0 Å². The number of hydrogen-bond acceptors (Lipinski definition) is 3. The number of rotatable bonds is 4. The second-order valence-corrected chi connectivity index (χ2v) is 5.44. The van der Waals surface area contributed by atoms with Crippen LogP contribution in [0.2, 0.25) is 0 Å². The second-order valence-electron chi connectivity index (χ2n) is 5.44. The molecular formula is C11H18F3N3O. The molecule has 1 amide bonds. The summed E-state index contributed by atoms with van der Waals surface area (Å²) in [4.78, 5) is 13.0. The third-order valence-corrected chi connectivity index (χ3v) is 3.99. The summed E-state index contributed by atoms with van der Waals surface area (Å²) in [5, 5.41) is 0. The Bertz CT molecular complexity index is 343. The average Bonchev–Trinajstić information content (AvgIpc) is 2.98. The number of nitrogens with zero attached hydrogens (tertiary/aromatic N) is 1. The lowest BCUT2D eigenvalue weighted by Gasteiger charge is -2.31. The summed E-state index contributed by atoms with van der Waals surface area (Å²) in [6, 6.07) is 0. The first-order chi connectivity index (χ1) is 8.23. The molecule has 1 saturated heterocycles. The van der Waals surface area contributed by atoms with Crippen molar-refractivity contribution in [1.82, 2.24) is 4.90 Å². The highest BCUT2D eigenvalue weighted by Gasteiger charge is 2.50. The van der Waals surface area contributed by atoms with Gasteiger partial charge in [0.2, 0.25) is 5.91 Å². The Morgan fingerprint density at radius 3 is 2.22 bits per heavy atom. The standard InChI is InChI=1S/C11H18F3N3O/c12-11(13,14)8-3-4-17(5-8)6-10(16,9(15)18)7-1-2-7/h7-8H,1-6,16H2,(H2,15,18). The number of hydrogen-bond donors (Lipinski definition) is 2. The van der Waals surface area contributed by atoms with Gasteiger partial charge >= 0.3 is 6.18 Å². The quantitative estimate of drug-likeness (QED) is 0.776. The van der Waals surface area contributed by atoms with Gasteiger partial charge in [0.05, 0.1) is 5.92 Å². The molecule has 1 aliphatic heterocycles. The topological polar surface area (TPSA) is 72.3 Å². The Morgan fingerprint density at radius 1 is 1.22 bits per heavy atom. The van der Waals surface area contributed by atoms with Gasteiger partial charge in [-0.15, -0.1) is 0 Å². The predicted octanol–water partition coefficient (Wildman–Crippen LogP) is 0.463. The summed E-state index contributed by atoms with van der Waals surface area (Å²) >= 11 is 0. The van der Waals surface area contributed by atoms with Gasteiger partial charge in [0, 0.05) is 13.1 Å². The van der Waals surface area contributed by atoms with Gasteiger partial charge < -0.3 is 16.4 Å². The molecule has 0 spiro atoms. The molecule has 1 saturated carbocycles. The van der Waals surface area contributed by atoms with E-state index in [0.29, 0.717) is 6.54 Å². The zero-order valence-corrected chi connectivity index (χ0v) is 10.0. The van der Waals surface area contributed by atoms with Crippen molar-refractivity contribution in [2.75, 3.05) is 19.6 Å². The maximum absolute atomic E-state index is 12.5. The molecule has 18 heavy (non-hydrogen) atoms. The molecule has 1 aliphatic carbocycles. The van der Waals surface area contributed by atoms with Gasteiger partial charge in [-0.1, -0.05) is 0 Å². The summed E-state index contributed by atoms with van der Waals surface area (Å²) in [6.07, 6.45) is -2.44. The summed E-state index contributed by atoms with van der Waals surface area (Å²) in [7, 11) is 0. The molecule has 2 unspecified atom stereocenters. The van der Waals surface area contributed by atoms with Gasteiger partial charge in [0.15, 0.2) is 0 Å². The van der Waals surface area contributed by atoms with Crippen molar-refractivity contribution < 1.29 is 18.0 Å². The van der Waals surface area contributed by atoms with Crippen LogP contribution in [0.5, 0.6) is 0 Å². The largest absolute Gasteiger partial charge is 0.393 e. The average molecular weight is 265 g/mol. The maximum Gasteiger partial charge on any atom is 0.393 e. The number of likely N-dealkylation sites (tertiary alicyclic amines) is 1. The Balaban J connectivity index is 1.96. The lowest BCUT2D eigenvalue weighted by molar-refractivity contribution is -0.170. The van der Waals surface area contributed by atoms with E-state index < -0.39 is 23.5 Å². The molecule has 104 valence electrons. The molecule has 1 heterocycles. The van der Waals surface area contributed by atoms with Crippen LogP contribution < -0.4 is 11.5 Å². The van der Waals surface area contributed by atoms with Crippen LogP contribution in [0.25, 0.3) is 0 Å². The van der Waals surface area contributed by atoms with E-state index in [1.54, 1.807) is 4.90 Å². The molecule has 2 aliphatic rings. The second kappa shape index (κ2) is 4.38. The minimum absolute atomic E-state index is 0.0277. The van der Waals surface area contributed by atoms with Gasteiger partial charge in [-0.2, -0.15) is 13.2 Å². The molecule has 2 rings (SSSR count). The van der Waals surface area contributed by atoms with E-state index in [-0.39, 0.29) is 25.4 Å². The monoisotopic (exact) mass is 265 g/mol.